The number of hydrogen-bond donors (Lipinski definition) is 1. The number of nitrogens with one attached hydrogen (secondary N) is 1. The molecule has 3 aromatic rings. The molecule has 0 aliphatic heterocycles. The predicted molar refractivity (Wildman–Crippen MR) is 117 cm³/mol. The Bertz CT molecular complexity index is 1080. The second-order valence-corrected chi connectivity index (χ2v) is 6.98. The molecule has 1 amide bonds. The molecule has 0 aliphatic carbocycles. The summed E-state index contributed by atoms with van der Waals surface area (Å²) >= 11 is 0. The second-order valence-electron chi connectivity index (χ2n) is 6.98. The Morgan fingerprint density at radius 1 is 1.00 bits per heavy atom. The summed E-state index contributed by atoms with van der Waals surface area (Å²) in [4.78, 5) is 24.5. The molecule has 164 valence electrons. The Labute approximate surface area is 180 Å². The van der Waals surface area contributed by atoms with E-state index in [-0.39, 0.29) is 17.4 Å². The molecular formula is C23H26N2O6. The van der Waals surface area contributed by atoms with Gasteiger partial charge >= 0.3 is 0 Å². The van der Waals surface area contributed by atoms with Crippen LogP contribution in [0.5, 0.6) is 23.0 Å². The summed E-state index contributed by atoms with van der Waals surface area (Å²) in [5, 5.41) is 3.56. The van der Waals surface area contributed by atoms with Crippen molar-refractivity contribution in [2.24, 2.45) is 0 Å². The second kappa shape index (κ2) is 9.42. The summed E-state index contributed by atoms with van der Waals surface area (Å²) in [6.45, 7) is 2.41. The summed E-state index contributed by atoms with van der Waals surface area (Å²) in [6, 6.07) is 8.79. The van der Waals surface area contributed by atoms with Crippen LogP contribution in [0.1, 0.15) is 28.8 Å². The van der Waals surface area contributed by atoms with Gasteiger partial charge in [0.1, 0.15) is 28.6 Å². The number of hydrogen-bond acceptors (Lipinski definition) is 6. The lowest BCUT2D eigenvalue weighted by molar-refractivity contribution is -0.109. The smallest absolute Gasteiger partial charge is 0.269 e. The molecule has 0 aliphatic rings. The standard InChI is InChI=1S/C23H26N2O6/c1-14(11-24-13-26)18-12-25(19-7-6-15(28-2)8-17(18)19)23(27)22-20(30-4)9-16(29-3)10-21(22)31-5/h6-10,12-14H,11H2,1-5H3,(H,24,26). The summed E-state index contributed by atoms with van der Waals surface area (Å²) in [6.07, 6.45) is 2.45. The van der Waals surface area contributed by atoms with E-state index in [9.17, 15) is 9.59 Å². The molecule has 0 radical (unpaired) electrons. The van der Waals surface area contributed by atoms with Crippen molar-refractivity contribution in [2.45, 2.75) is 12.8 Å². The van der Waals surface area contributed by atoms with Crippen LogP contribution < -0.4 is 24.3 Å². The molecule has 2 aromatic carbocycles. The van der Waals surface area contributed by atoms with Gasteiger partial charge in [-0.05, 0) is 23.8 Å². The Balaban J connectivity index is 2.21. The topological polar surface area (TPSA) is 88.0 Å². The quantitative estimate of drug-likeness (QED) is 0.529. The van der Waals surface area contributed by atoms with Gasteiger partial charge in [0.05, 0.1) is 34.0 Å². The summed E-state index contributed by atoms with van der Waals surface area (Å²) in [5.41, 5.74) is 1.89. The first-order valence-corrected chi connectivity index (χ1v) is 9.69. The average Bonchev–Trinajstić information content (AvgIpc) is 3.19. The van der Waals surface area contributed by atoms with Crippen LogP contribution in [0.4, 0.5) is 0 Å². The number of fused-ring (bicyclic) bond motifs is 1. The minimum absolute atomic E-state index is 0.0338. The van der Waals surface area contributed by atoms with Crippen LogP contribution in [0, 0.1) is 0 Å². The molecule has 0 saturated heterocycles. The highest BCUT2D eigenvalue weighted by Gasteiger charge is 2.25. The van der Waals surface area contributed by atoms with Crippen molar-refractivity contribution >= 4 is 23.2 Å². The van der Waals surface area contributed by atoms with E-state index in [2.05, 4.69) is 5.32 Å². The molecule has 31 heavy (non-hydrogen) atoms. The van der Waals surface area contributed by atoms with Crippen molar-refractivity contribution in [3.63, 3.8) is 0 Å². The number of rotatable bonds is 9. The predicted octanol–water partition coefficient (Wildman–Crippen LogP) is 3.21. The first kappa shape index (κ1) is 22.0. The van der Waals surface area contributed by atoms with Gasteiger partial charge in [0.2, 0.25) is 6.41 Å². The monoisotopic (exact) mass is 426 g/mol. The minimum Gasteiger partial charge on any atom is -0.497 e. The number of amides is 1. The lowest BCUT2D eigenvalue weighted by Crippen LogP contribution is -2.18. The zero-order chi connectivity index (χ0) is 22.5. The van der Waals surface area contributed by atoms with Crippen LogP contribution in [0.15, 0.2) is 36.5 Å². The maximum absolute atomic E-state index is 13.7. The number of methoxy groups -OCH3 is 4. The van der Waals surface area contributed by atoms with E-state index in [1.165, 1.54) is 21.3 Å². The first-order valence-electron chi connectivity index (χ1n) is 9.69. The van der Waals surface area contributed by atoms with Gasteiger partial charge in [0.25, 0.3) is 5.91 Å². The largest absolute Gasteiger partial charge is 0.497 e. The van der Waals surface area contributed by atoms with E-state index in [0.29, 0.717) is 41.5 Å². The van der Waals surface area contributed by atoms with Gasteiger partial charge in [-0.15, -0.1) is 0 Å². The molecule has 0 bridgehead atoms. The van der Waals surface area contributed by atoms with Gasteiger partial charge in [-0.25, -0.2) is 0 Å². The number of aromatic nitrogens is 1. The molecule has 0 fully saturated rings. The fourth-order valence-electron chi connectivity index (χ4n) is 3.59. The number of carbonyl (C=O) groups excluding carboxylic acids is 2. The Morgan fingerprint density at radius 2 is 1.65 bits per heavy atom. The summed E-state index contributed by atoms with van der Waals surface area (Å²) in [7, 11) is 6.10. The highest BCUT2D eigenvalue weighted by molar-refractivity contribution is 6.07. The zero-order valence-corrected chi connectivity index (χ0v) is 18.2. The molecule has 1 heterocycles. The maximum Gasteiger partial charge on any atom is 0.269 e. The molecule has 3 rings (SSSR count). The third-order valence-corrected chi connectivity index (χ3v) is 5.23. The van der Waals surface area contributed by atoms with E-state index in [0.717, 1.165) is 10.9 Å². The Morgan fingerprint density at radius 3 is 2.19 bits per heavy atom. The van der Waals surface area contributed by atoms with Gasteiger partial charge in [0, 0.05) is 36.2 Å². The van der Waals surface area contributed by atoms with Gasteiger partial charge in [-0.2, -0.15) is 0 Å². The number of carbonyl (C=O) groups is 2. The normalized spacial score (nSPS) is 11.6. The zero-order valence-electron chi connectivity index (χ0n) is 18.2. The van der Waals surface area contributed by atoms with Crippen molar-refractivity contribution in [1.82, 2.24) is 9.88 Å². The molecule has 1 aromatic heterocycles. The van der Waals surface area contributed by atoms with Gasteiger partial charge < -0.3 is 24.3 Å². The van der Waals surface area contributed by atoms with Crippen molar-refractivity contribution in [2.75, 3.05) is 35.0 Å². The first-order chi connectivity index (χ1) is 15.0. The van der Waals surface area contributed by atoms with Crippen LogP contribution in [-0.2, 0) is 4.79 Å². The van der Waals surface area contributed by atoms with E-state index in [1.54, 1.807) is 36.1 Å². The van der Waals surface area contributed by atoms with Crippen LogP contribution in [0.2, 0.25) is 0 Å². The van der Waals surface area contributed by atoms with Crippen molar-refractivity contribution in [1.29, 1.82) is 0 Å². The number of benzene rings is 2. The average molecular weight is 426 g/mol. The lowest BCUT2D eigenvalue weighted by atomic mass is 10.0. The summed E-state index contributed by atoms with van der Waals surface area (Å²) in [5.74, 6) is 1.53. The lowest BCUT2D eigenvalue weighted by Gasteiger charge is -2.15. The van der Waals surface area contributed by atoms with Crippen LogP contribution >= 0.6 is 0 Å². The minimum atomic E-state index is -0.312. The highest BCUT2D eigenvalue weighted by Crippen LogP contribution is 2.37. The summed E-state index contributed by atoms with van der Waals surface area (Å²) < 4.78 is 23.1. The SMILES string of the molecule is COc1cc(OC)c(C(=O)n2cc(C(C)CNC=O)c3cc(OC)ccc32)c(OC)c1. The Hall–Kier alpha value is -3.68. The van der Waals surface area contributed by atoms with Gasteiger partial charge in [-0.1, -0.05) is 6.92 Å². The third-order valence-electron chi connectivity index (χ3n) is 5.23. The molecule has 0 spiro atoms. The van der Waals surface area contributed by atoms with Crippen LogP contribution in [0.3, 0.4) is 0 Å². The number of ether oxygens (including phenoxy) is 4. The van der Waals surface area contributed by atoms with E-state index < -0.39 is 0 Å². The highest BCUT2D eigenvalue weighted by atomic mass is 16.5. The fourth-order valence-corrected chi connectivity index (χ4v) is 3.59. The van der Waals surface area contributed by atoms with Crippen LogP contribution in [0.25, 0.3) is 10.9 Å². The number of nitrogens with zero attached hydrogens (tertiary/aromatic N) is 1. The maximum atomic E-state index is 13.7. The van der Waals surface area contributed by atoms with Gasteiger partial charge in [0.15, 0.2) is 0 Å². The molecule has 8 nitrogen and oxygen atoms in total. The van der Waals surface area contributed by atoms with E-state index >= 15 is 0 Å². The van der Waals surface area contributed by atoms with Crippen molar-refractivity contribution < 1.29 is 28.5 Å². The molecule has 1 atom stereocenters. The molecule has 1 N–H and O–H groups in total. The Kier molecular flexibility index (Phi) is 6.69. The molecule has 1 unspecified atom stereocenters. The van der Waals surface area contributed by atoms with Gasteiger partial charge in [-0.3, -0.25) is 14.2 Å². The molecular weight excluding hydrogens is 400 g/mol. The third kappa shape index (κ3) is 4.14. The molecule has 0 saturated carbocycles. The van der Waals surface area contributed by atoms with Crippen molar-refractivity contribution in [3.05, 3.63) is 47.7 Å². The van der Waals surface area contributed by atoms with E-state index in [1.807, 2.05) is 19.1 Å². The van der Waals surface area contributed by atoms with Crippen molar-refractivity contribution in [3.8, 4) is 23.0 Å². The molecule has 8 heteroatoms. The van der Waals surface area contributed by atoms with E-state index in [4.69, 9.17) is 18.9 Å². The fraction of sp³-hybridized carbons (Fsp3) is 0.304. The van der Waals surface area contributed by atoms with Crippen LogP contribution in [-0.4, -0.2) is 51.9 Å².